The molecule has 16 heavy (non-hydrogen) atoms. The summed E-state index contributed by atoms with van der Waals surface area (Å²) < 4.78 is 5.19. The van der Waals surface area contributed by atoms with Crippen molar-refractivity contribution in [3.8, 4) is 5.75 Å². The van der Waals surface area contributed by atoms with Crippen molar-refractivity contribution >= 4 is 18.4 Å². The molecular weight excluding hydrogens is 224 g/mol. The Morgan fingerprint density at radius 3 is 2.31 bits per heavy atom. The van der Waals surface area contributed by atoms with Crippen molar-refractivity contribution < 1.29 is 9.53 Å². The summed E-state index contributed by atoms with van der Waals surface area (Å²) in [7, 11) is 1.67. The van der Waals surface area contributed by atoms with Crippen molar-refractivity contribution in [1.82, 2.24) is 0 Å². The van der Waals surface area contributed by atoms with Crippen LogP contribution in [-0.4, -0.2) is 13.9 Å². The second kappa shape index (κ2) is 12.1. The molecule has 0 amide bonds. The fourth-order valence-electron chi connectivity index (χ4n) is 1.19. The SMILES string of the molecule is C=O.CC.CCCc1ccc(Cl)cc1OC. The molecule has 92 valence electrons. The number of methoxy groups -OCH3 is 1. The molecule has 0 N–H and O–H groups in total. The van der Waals surface area contributed by atoms with Crippen LogP contribution in [0.5, 0.6) is 5.75 Å². The second-order valence-electron chi connectivity index (χ2n) is 2.71. The predicted octanol–water partition coefficient (Wildman–Crippen LogP) is 4.14. The van der Waals surface area contributed by atoms with E-state index in [4.69, 9.17) is 21.1 Å². The Labute approximate surface area is 104 Å². The van der Waals surface area contributed by atoms with Gasteiger partial charge in [0.05, 0.1) is 7.11 Å². The molecule has 0 aliphatic rings. The van der Waals surface area contributed by atoms with Crippen LogP contribution in [0.3, 0.4) is 0 Å². The van der Waals surface area contributed by atoms with Gasteiger partial charge in [-0.25, -0.2) is 0 Å². The van der Waals surface area contributed by atoms with Gasteiger partial charge in [-0.05, 0) is 24.1 Å². The second-order valence-corrected chi connectivity index (χ2v) is 3.14. The molecule has 1 rings (SSSR count). The van der Waals surface area contributed by atoms with Gasteiger partial charge in [0.15, 0.2) is 0 Å². The van der Waals surface area contributed by atoms with Gasteiger partial charge in [0, 0.05) is 5.02 Å². The molecule has 0 spiro atoms. The third kappa shape index (κ3) is 6.46. The summed E-state index contributed by atoms with van der Waals surface area (Å²) in [5.74, 6) is 0.893. The Kier molecular flexibility index (Phi) is 13.1. The lowest BCUT2D eigenvalue weighted by Gasteiger charge is -2.06. The van der Waals surface area contributed by atoms with Crippen LogP contribution in [-0.2, 0) is 11.2 Å². The number of halogens is 1. The van der Waals surface area contributed by atoms with E-state index in [1.807, 2.05) is 38.8 Å². The maximum Gasteiger partial charge on any atom is 0.123 e. The minimum atomic E-state index is 0.728. The van der Waals surface area contributed by atoms with Crippen molar-refractivity contribution in [2.45, 2.75) is 33.6 Å². The minimum absolute atomic E-state index is 0.728. The summed E-state index contributed by atoms with van der Waals surface area (Å²) in [5, 5.41) is 0.728. The van der Waals surface area contributed by atoms with Gasteiger partial charge in [0.2, 0.25) is 0 Å². The van der Waals surface area contributed by atoms with Gasteiger partial charge < -0.3 is 9.53 Å². The minimum Gasteiger partial charge on any atom is -0.496 e. The zero-order valence-corrected chi connectivity index (χ0v) is 11.3. The van der Waals surface area contributed by atoms with Crippen LogP contribution >= 0.6 is 11.6 Å². The Morgan fingerprint density at radius 1 is 1.31 bits per heavy atom. The number of hydrogen-bond acceptors (Lipinski definition) is 2. The fourth-order valence-corrected chi connectivity index (χ4v) is 1.36. The van der Waals surface area contributed by atoms with Gasteiger partial charge in [-0.1, -0.05) is 44.9 Å². The van der Waals surface area contributed by atoms with Crippen molar-refractivity contribution in [2.75, 3.05) is 7.11 Å². The van der Waals surface area contributed by atoms with Gasteiger partial charge in [0.25, 0.3) is 0 Å². The number of carbonyl (C=O) groups excluding carboxylic acids is 1. The number of aryl methyl sites for hydroxylation is 1. The maximum atomic E-state index is 8.00. The lowest BCUT2D eigenvalue weighted by Crippen LogP contribution is -1.90. The lowest BCUT2D eigenvalue weighted by molar-refractivity contribution is -0.0979. The average Bonchev–Trinajstić information content (AvgIpc) is 2.36. The van der Waals surface area contributed by atoms with Crippen LogP contribution in [0, 0.1) is 0 Å². The van der Waals surface area contributed by atoms with E-state index in [-0.39, 0.29) is 0 Å². The third-order valence-corrected chi connectivity index (χ3v) is 2.00. The normalized spacial score (nSPS) is 8.06. The number of hydrogen-bond donors (Lipinski definition) is 0. The molecule has 0 aliphatic carbocycles. The van der Waals surface area contributed by atoms with Crippen molar-refractivity contribution in [2.24, 2.45) is 0 Å². The predicted molar refractivity (Wildman–Crippen MR) is 70.5 cm³/mol. The Morgan fingerprint density at radius 2 is 1.88 bits per heavy atom. The molecule has 3 heteroatoms. The summed E-state index contributed by atoms with van der Waals surface area (Å²) in [6.07, 6.45) is 2.17. The Bertz CT molecular complexity index is 275. The highest BCUT2D eigenvalue weighted by Crippen LogP contribution is 2.23. The average molecular weight is 245 g/mol. The summed E-state index contributed by atoms with van der Waals surface area (Å²) in [5.41, 5.74) is 1.23. The highest BCUT2D eigenvalue weighted by atomic mass is 35.5. The van der Waals surface area contributed by atoms with Gasteiger partial charge in [-0.15, -0.1) is 0 Å². The number of carbonyl (C=O) groups is 1. The van der Waals surface area contributed by atoms with Crippen LogP contribution in [0.25, 0.3) is 0 Å². The number of benzene rings is 1. The third-order valence-electron chi connectivity index (χ3n) is 1.77. The first-order valence-corrected chi connectivity index (χ1v) is 5.77. The van der Waals surface area contributed by atoms with Crippen LogP contribution < -0.4 is 4.74 Å². The molecule has 2 nitrogen and oxygen atoms in total. The molecule has 0 heterocycles. The summed E-state index contributed by atoms with van der Waals surface area (Å²) in [6, 6.07) is 5.77. The summed E-state index contributed by atoms with van der Waals surface area (Å²) in [6.45, 7) is 8.15. The quantitative estimate of drug-likeness (QED) is 0.799. The van der Waals surface area contributed by atoms with Crippen LogP contribution in [0.4, 0.5) is 0 Å². The zero-order chi connectivity index (χ0) is 13.0. The highest BCUT2D eigenvalue weighted by molar-refractivity contribution is 6.30. The van der Waals surface area contributed by atoms with Crippen molar-refractivity contribution in [3.63, 3.8) is 0 Å². The van der Waals surface area contributed by atoms with E-state index in [1.54, 1.807) is 7.11 Å². The molecule has 0 aliphatic heterocycles. The Balaban J connectivity index is 0. The molecule has 0 saturated carbocycles. The maximum absolute atomic E-state index is 8.00. The van der Waals surface area contributed by atoms with Gasteiger partial charge in [-0.2, -0.15) is 0 Å². The molecule has 0 atom stereocenters. The van der Waals surface area contributed by atoms with E-state index in [0.29, 0.717) is 0 Å². The molecule has 1 aromatic rings. The first kappa shape index (κ1) is 17.4. The van der Waals surface area contributed by atoms with Gasteiger partial charge in [0.1, 0.15) is 12.5 Å². The lowest BCUT2D eigenvalue weighted by atomic mass is 10.1. The van der Waals surface area contributed by atoms with E-state index in [9.17, 15) is 0 Å². The molecule has 0 unspecified atom stereocenters. The molecule has 0 fully saturated rings. The largest absolute Gasteiger partial charge is 0.496 e. The van der Waals surface area contributed by atoms with E-state index in [0.717, 1.165) is 23.6 Å². The van der Waals surface area contributed by atoms with Crippen molar-refractivity contribution in [3.05, 3.63) is 28.8 Å². The topological polar surface area (TPSA) is 26.3 Å². The monoisotopic (exact) mass is 244 g/mol. The van der Waals surface area contributed by atoms with Crippen LogP contribution in [0.2, 0.25) is 5.02 Å². The highest BCUT2D eigenvalue weighted by Gasteiger charge is 2.01. The van der Waals surface area contributed by atoms with Crippen molar-refractivity contribution in [1.29, 1.82) is 0 Å². The number of rotatable bonds is 3. The Hall–Kier alpha value is -1.02. The molecule has 0 saturated heterocycles. The van der Waals surface area contributed by atoms with Crippen LogP contribution in [0.15, 0.2) is 18.2 Å². The molecular formula is C13H21ClO2. The standard InChI is InChI=1S/C10H13ClO.C2H6.CH2O/c1-3-4-8-5-6-9(11)7-10(8)12-2;2*1-2/h5-7H,3-4H2,1-2H3;1-2H3;1H2. The summed E-state index contributed by atoms with van der Waals surface area (Å²) >= 11 is 5.82. The van der Waals surface area contributed by atoms with Crippen LogP contribution in [0.1, 0.15) is 32.8 Å². The molecule has 0 bridgehead atoms. The summed E-state index contributed by atoms with van der Waals surface area (Å²) in [4.78, 5) is 8.00. The van der Waals surface area contributed by atoms with E-state index < -0.39 is 0 Å². The first-order valence-electron chi connectivity index (χ1n) is 5.39. The van der Waals surface area contributed by atoms with Gasteiger partial charge in [-0.3, -0.25) is 0 Å². The first-order chi connectivity index (χ1) is 7.77. The van der Waals surface area contributed by atoms with E-state index >= 15 is 0 Å². The van der Waals surface area contributed by atoms with E-state index in [2.05, 4.69) is 6.92 Å². The molecule has 0 radical (unpaired) electrons. The fraction of sp³-hybridized carbons (Fsp3) is 0.462. The number of ether oxygens (including phenoxy) is 1. The van der Waals surface area contributed by atoms with E-state index in [1.165, 1.54) is 5.56 Å². The smallest absolute Gasteiger partial charge is 0.123 e. The van der Waals surface area contributed by atoms with Gasteiger partial charge >= 0.3 is 0 Å². The molecule has 1 aromatic carbocycles. The molecule has 0 aromatic heterocycles. The zero-order valence-electron chi connectivity index (χ0n) is 10.5.